The van der Waals surface area contributed by atoms with Crippen molar-refractivity contribution in [3.05, 3.63) is 0 Å². The molecule has 5 nitrogen and oxygen atoms in total. The van der Waals surface area contributed by atoms with Crippen LogP contribution in [0.3, 0.4) is 0 Å². The standard InChI is InChI=1S/C13H25NO4/c1-4-6-17-8-9-18-7-5-14-13(16)10-12(15)11(2)3/h11H,4-10H2,1-3H3,(H,14,16). The maximum absolute atomic E-state index is 11.3. The molecule has 0 radical (unpaired) electrons. The Kier molecular flexibility index (Phi) is 10.6. The van der Waals surface area contributed by atoms with Gasteiger partial charge < -0.3 is 14.8 Å². The number of hydrogen-bond donors (Lipinski definition) is 1. The van der Waals surface area contributed by atoms with Gasteiger partial charge in [-0.15, -0.1) is 0 Å². The molecular weight excluding hydrogens is 234 g/mol. The van der Waals surface area contributed by atoms with Crippen molar-refractivity contribution in [3.63, 3.8) is 0 Å². The zero-order valence-electron chi connectivity index (χ0n) is 11.7. The molecule has 1 N–H and O–H groups in total. The molecule has 0 atom stereocenters. The van der Waals surface area contributed by atoms with E-state index in [1.165, 1.54) is 0 Å². The lowest BCUT2D eigenvalue weighted by molar-refractivity contribution is -0.129. The highest BCUT2D eigenvalue weighted by atomic mass is 16.5. The second-order valence-electron chi connectivity index (χ2n) is 4.37. The van der Waals surface area contributed by atoms with Gasteiger partial charge in [-0.05, 0) is 6.42 Å². The monoisotopic (exact) mass is 259 g/mol. The Bertz CT molecular complexity index is 241. The maximum Gasteiger partial charge on any atom is 0.227 e. The number of hydrogen-bond acceptors (Lipinski definition) is 4. The van der Waals surface area contributed by atoms with Crippen molar-refractivity contribution < 1.29 is 19.1 Å². The third-order valence-electron chi connectivity index (χ3n) is 2.27. The van der Waals surface area contributed by atoms with Crippen LogP contribution in [0.5, 0.6) is 0 Å². The zero-order valence-corrected chi connectivity index (χ0v) is 11.7. The summed E-state index contributed by atoms with van der Waals surface area (Å²) in [5.74, 6) is -0.372. The van der Waals surface area contributed by atoms with Gasteiger partial charge in [0.15, 0.2) is 0 Å². The number of carbonyl (C=O) groups is 2. The molecular formula is C13H25NO4. The van der Waals surface area contributed by atoms with Crippen molar-refractivity contribution in [3.8, 4) is 0 Å². The van der Waals surface area contributed by atoms with Gasteiger partial charge in [0, 0.05) is 19.1 Å². The number of ether oxygens (including phenoxy) is 2. The van der Waals surface area contributed by atoms with Gasteiger partial charge in [-0.2, -0.15) is 0 Å². The van der Waals surface area contributed by atoms with Crippen molar-refractivity contribution in [2.75, 3.05) is 33.0 Å². The number of amides is 1. The highest BCUT2D eigenvalue weighted by Crippen LogP contribution is 1.97. The highest BCUT2D eigenvalue weighted by molar-refractivity contribution is 5.98. The summed E-state index contributed by atoms with van der Waals surface area (Å²) >= 11 is 0. The molecule has 0 aliphatic carbocycles. The third kappa shape index (κ3) is 10.2. The van der Waals surface area contributed by atoms with Crippen LogP contribution in [-0.2, 0) is 19.1 Å². The summed E-state index contributed by atoms with van der Waals surface area (Å²) in [5.41, 5.74) is 0. The van der Waals surface area contributed by atoms with Crippen LogP contribution in [-0.4, -0.2) is 44.7 Å². The van der Waals surface area contributed by atoms with Gasteiger partial charge in [0.1, 0.15) is 5.78 Å². The van der Waals surface area contributed by atoms with Crippen LogP contribution in [0, 0.1) is 5.92 Å². The second-order valence-corrected chi connectivity index (χ2v) is 4.37. The summed E-state index contributed by atoms with van der Waals surface area (Å²) in [7, 11) is 0. The zero-order chi connectivity index (χ0) is 13.8. The van der Waals surface area contributed by atoms with Crippen LogP contribution in [0.2, 0.25) is 0 Å². The molecule has 0 aliphatic heterocycles. The molecule has 0 spiro atoms. The summed E-state index contributed by atoms with van der Waals surface area (Å²) in [4.78, 5) is 22.6. The van der Waals surface area contributed by atoms with Gasteiger partial charge >= 0.3 is 0 Å². The van der Waals surface area contributed by atoms with Crippen LogP contribution in [0.4, 0.5) is 0 Å². The van der Waals surface area contributed by atoms with Gasteiger partial charge in [-0.3, -0.25) is 9.59 Å². The van der Waals surface area contributed by atoms with Crippen molar-refractivity contribution in [1.82, 2.24) is 5.32 Å². The predicted octanol–water partition coefficient (Wildman–Crippen LogP) is 1.16. The number of nitrogens with one attached hydrogen (secondary N) is 1. The average molecular weight is 259 g/mol. The Morgan fingerprint density at radius 2 is 1.67 bits per heavy atom. The second kappa shape index (κ2) is 11.2. The molecule has 0 fully saturated rings. The molecule has 0 aromatic carbocycles. The Morgan fingerprint density at radius 1 is 1.06 bits per heavy atom. The highest BCUT2D eigenvalue weighted by Gasteiger charge is 2.11. The fraction of sp³-hybridized carbons (Fsp3) is 0.846. The molecule has 0 unspecified atom stereocenters. The fourth-order valence-electron chi connectivity index (χ4n) is 1.15. The molecule has 0 saturated carbocycles. The van der Waals surface area contributed by atoms with E-state index in [9.17, 15) is 9.59 Å². The van der Waals surface area contributed by atoms with Gasteiger partial charge in [0.2, 0.25) is 5.91 Å². The van der Waals surface area contributed by atoms with Gasteiger partial charge in [-0.1, -0.05) is 20.8 Å². The predicted molar refractivity (Wildman–Crippen MR) is 69.4 cm³/mol. The fourth-order valence-corrected chi connectivity index (χ4v) is 1.15. The summed E-state index contributed by atoms with van der Waals surface area (Å²) in [6.07, 6.45) is 0.956. The average Bonchev–Trinajstić information content (AvgIpc) is 2.32. The van der Waals surface area contributed by atoms with Crippen LogP contribution in [0.1, 0.15) is 33.6 Å². The molecule has 5 heteroatoms. The molecule has 0 rings (SSSR count). The molecule has 0 bridgehead atoms. The Hall–Kier alpha value is -0.940. The normalized spacial score (nSPS) is 10.7. The van der Waals surface area contributed by atoms with E-state index < -0.39 is 0 Å². The number of ketones is 1. The lowest BCUT2D eigenvalue weighted by Gasteiger charge is -2.07. The smallest absolute Gasteiger partial charge is 0.227 e. The van der Waals surface area contributed by atoms with E-state index >= 15 is 0 Å². The SMILES string of the molecule is CCCOCCOCCNC(=O)CC(=O)C(C)C. The van der Waals surface area contributed by atoms with E-state index in [2.05, 4.69) is 12.2 Å². The Morgan fingerprint density at radius 3 is 2.22 bits per heavy atom. The van der Waals surface area contributed by atoms with Gasteiger partial charge in [0.25, 0.3) is 0 Å². The van der Waals surface area contributed by atoms with E-state index in [1.54, 1.807) is 13.8 Å². The molecule has 0 heterocycles. The first-order chi connectivity index (χ1) is 8.57. The molecule has 106 valence electrons. The first kappa shape index (κ1) is 17.1. The topological polar surface area (TPSA) is 64.6 Å². The number of Topliss-reactive ketones (excluding diaryl/α,β-unsaturated/α-hetero) is 1. The summed E-state index contributed by atoms with van der Waals surface area (Å²) in [6.45, 7) is 8.35. The molecule has 0 saturated heterocycles. The van der Waals surface area contributed by atoms with Crippen LogP contribution < -0.4 is 5.32 Å². The van der Waals surface area contributed by atoms with Crippen molar-refractivity contribution >= 4 is 11.7 Å². The number of carbonyl (C=O) groups excluding carboxylic acids is 2. The van der Waals surface area contributed by atoms with E-state index in [-0.39, 0.29) is 24.0 Å². The van der Waals surface area contributed by atoms with E-state index in [4.69, 9.17) is 9.47 Å². The first-order valence-electron chi connectivity index (χ1n) is 6.52. The molecule has 1 amide bonds. The third-order valence-corrected chi connectivity index (χ3v) is 2.27. The minimum Gasteiger partial charge on any atom is -0.379 e. The number of rotatable bonds is 11. The summed E-state index contributed by atoms with van der Waals surface area (Å²) in [6, 6.07) is 0. The molecule has 18 heavy (non-hydrogen) atoms. The lowest BCUT2D eigenvalue weighted by atomic mass is 10.1. The van der Waals surface area contributed by atoms with Crippen LogP contribution >= 0.6 is 0 Å². The van der Waals surface area contributed by atoms with E-state index in [0.29, 0.717) is 26.4 Å². The van der Waals surface area contributed by atoms with E-state index in [0.717, 1.165) is 13.0 Å². The lowest BCUT2D eigenvalue weighted by Crippen LogP contribution is -2.30. The minimum atomic E-state index is -0.237. The molecule has 0 aromatic heterocycles. The van der Waals surface area contributed by atoms with Gasteiger partial charge in [-0.25, -0.2) is 0 Å². The van der Waals surface area contributed by atoms with Crippen molar-refractivity contribution in [2.24, 2.45) is 5.92 Å². The molecule has 0 aliphatic rings. The Balaban J connectivity index is 3.33. The quantitative estimate of drug-likeness (QED) is 0.447. The maximum atomic E-state index is 11.3. The first-order valence-corrected chi connectivity index (χ1v) is 6.52. The summed E-state index contributed by atoms with van der Waals surface area (Å²) < 4.78 is 10.5. The van der Waals surface area contributed by atoms with Crippen LogP contribution in [0.15, 0.2) is 0 Å². The van der Waals surface area contributed by atoms with E-state index in [1.807, 2.05) is 0 Å². The van der Waals surface area contributed by atoms with Crippen LogP contribution in [0.25, 0.3) is 0 Å². The van der Waals surface area contributed by atoms with Gasteiger partial charge in [0.05, 0.1) is 26.2 Å². The molecule has 0 aromatic rings. The summed E-state index contributed by atoms with van der Waals surface area (Å²) in [5, 5.41) is 2.64. The minimum absolute atomic E-state index is 0.0404. The van der Waals surface area contributed by atoms with Crippen molar-refractivity contribution in [1.29, 1.82) is 0 Å². The Labute approximate surface area is 109 Å². The van der Waals surface area contributed by atoms with Crippen molar-refractivity contribution in [2.45, 2.75) is 33.6 Å². The largest absolute Gasteiger partial charge is 0.379 e.